The second kappa shape index (κ2) is 4.47. The van der Waals surface area contributed by atoms with Crippen molar-refractivity contribution >= 4 is 11.9 Å². The van der Waals surface area contributed by atoms with E-state index < -0.39 is 11.9 Å². The third-order valence-corrected chi connectivity index (χ3v) is 6.16. The van der Waals surface area contributed by atoms with E-state index in [9.17, 15) is 14.7 Å². The summed E-state index contributed by atoms with van der Waals surface area (Å²) in [4.78, 5) is 25.7. The van der Waals surface area contributed by atoms with E-state index in [4.69, 9.17) is 0 Å². The highest BCUT2D eigenvalue weighted by Gasteiger charge is 2.66. The summed E-state index contributed by atoms with van der Waals surface area (Å²) in [6.07, 6.45) is 7.55. The van der Waals surface area contributed by atoms with Gasteiger partial charge in [0.1, 0.15) is 0 Å². The Morgan fingerprint density at radius 3 is 2.00 bits per heavy atom. The summed E-state index contributed by atoms with van der Waals surface area (Å²) in [6, 6.07) is 0. The molecule has 1 aliphatic heterocycles. The fourth-order valence-corrected chi connectivity index (χ4v) is 4.58. The number of hydrogen-bond donors (Lipinski definition) is 1. The van der Waals surface area contributed by atoms with Crippen molar-refractivity contribution < 1.29 is 14.7 Å². The van der Waals surface area contributed by atoms with Crippen molar-refractivity contribution in [2.45, 2.75) is 52.4 Å². The van der Waals surface area contributed by atoms with Gasteiger partial charge >= 0.3 is 5.97 Å². The molecule has 4 nitrogen and oxygen atoms in total. The highest BCUT2D eigenvalue weighted by atomic mass is 16.4. The van der Waals surface area contributed by atoms with Crippen LogP contribution < -0.4 is 0 Å². The largest absolute Gasteiger partial charge is 0.481 e. The van der Waals surface area contributed by atoms with Crippen LogP contribution >= 0.6 is 0 Å². The van der Waals surface area contributed by atoms with Gasteiger partial charge in [-0.1, -0.05) is 26.7 Å². The Morgan fingerprint density at radius 2 is 1.55 bits per heavy atom. The smallest absolute Gasteiger partial charge is 0.307 e. The van der Waals surface area contributed by atoms with Gasteiger partial charge in [0.25, 0.3) is 0 Å². The minimum atomic E-state index is -0.822. The predicted octanol–water partition coefficient (Wildman–Crippen LogP) is 2.53. The van der Waals surface area contributed by atoms with E-state index in [0.29, 0.717) is 5.41 Å². The van der Waals surface area contributed by atoms with Crippen LogP contribution in [-0.4, -0.2) is 35.0 Å². The number of rotatable bonds is 2. The van der Waals surface area contributed by atoms with E-state index >= 15 is 0 Å². The summed E-state index contributed by atoms with van der Waals surface area (Å²) < 4.78 is 0. The van der Waals surface area contributed by atoms with Gasteiger partial charge in [-0.25, -0.2) is 0 Å². The lowest BCUT2D eigenvalue weighted by Gasteiger charge is -2.39. The number of carboxylic acid groups (broad SMARTS) is 1. The molecule has 1 amide bonds. The second-order valence-corrected chi connectivity index (χ2v) is 7.65. The Labute approximate surface area is 120 Å². The number of hydrogen-bond acceptors (Lipinski definition) is 2. The maximum absolute atomic E-state index is 12.6. The molecule has 0 aromatic rings. The number of carboxylic acids is 1. The summed E-state index contributed by atoms with van der Waals surface area (Å²) in [5, 5.41) is 9.20. The molecule has 2 unspecified atom stereocenters. The molecule has 0 radical (unpaired) electrons. The Bertz CT molecular complexity index is 427. The summed E-state index contributed by atoms with van der Waals surface area (Å²) in [7, 11) is 0. The van der Waals surface area contributed by atoms with Crippen molar-refractivity contribution in [2.75, 3.05) is 13.1 Å². The Hall–Kier alpha value is -1.06. The van der Waals surface area contributed by atoms with E-state index in [-0.39, 0.29) is 17.2 Å². The molecule has 3 fully saturated rings. The molecular formula is C16H25NO3. The molecule has 1 heterocycles. The fraction of sp³-hybridized carbons (Fsp3) is 0.875. The molecule has 1 N–H and O–H groups in total. The first-order valence-electron chi connectivity index (χ1n) is 7.89. The molecule has 0 aromatic heterocycles. The maximum atomic E-state index is 12.6. The van der Waals surface area contributed by atoms with Crippen LogP contribution in [0.25, 0.3) is 0 Å². The zero-order valence-electron chi connectivity index (χ0n) is 12.5. The lowest BCUT2D eigenvalue weighted by Crippen LogP contribution is -2.43. The van der Waals surface area contributed by atoms with E-state index in [2.05, 4.69) is 0 Å². The number of carbonyl (C=O) groups excluding carboxylic acids is 1. The molecule has 3 rings (SSSR count). The van der Waals surface area contributed by atoms with Gasteiger partial charge in [0.05, 0.1) is 11.8 Å². The van der Waals surface area contributed by atoms with Crippen LogP contribution in [0.3, 0.4) is 0 Å². The van der Waals surface area contributed by atoms with Crippen LogP contribution in [0.2, 0.25) is 0 Å². The van der Waals surface area contributed by atoms with Gasteiger partial charge in [-0.3, -0.25) is 9.59 Å². The quantitative estimate of drug-likeness (QED) is 0.845. The third-order valence-electron chi connectivity index (χ3n) is 6.16. The third kappa shape index (κ3) is 2.04. The van der Waals surface area contributed by atoms with Gasteiger partial charge < -0.3 is 10.0 Å². The standard InChI is InChI=1S/C16H25NO3/c1-15(2)11(12(15)14(19)20)13(18)17-9-7-16(8-10-17)5-3-4-6-16/h11-12H,3-10H2,1-2H3,(H,19,20). The minimum Gasteiger partial charge on any atom is -0.481 e. The van der Waals surface area contributed by atoms with Crippen LogP contribution in [0.5, 0.6) is 0 Å². The first kappa shape index (κ1) is 13.9. The lowest BCUT2D eigenvalue weighted by molar-refractivity contribution is -0.142. The average Bonchev–Trinajstić information content (AvgIpc) is 2.74. The molecule has 4 heteroatoms. The maximum Gasteiger partial charge on any atom is 0.307 e. The summed E-state index contributed by atoms with van der Waals surface area (Å²) in [5.74, 6) is -1.54. The lowest BCUT2D eigenvalue weighted by atomic mass is 9.77. The van der Waals surface area contributed by atoms with Gasteiger partial charge in [0.15, 0.2) is 0 Å². The first-order valence-corrected chi connectivity index (χ1v) is 7.89. The van der Waals surface area contributed by atoms with Crippen molar-refractivity contribution in [1.82, 2.24) is 4.90 Å². The summed E-state index contributed by atoms with van der Waals surface area (Å²) >= 11 is 0. The van der Waals surface area contributed by atoms with Gasteiger partial charge in [-0.15, -0.1) is 0 Å². The fourth-order valence-electron chi connectivity index (χ4n) is 4.58. The van der Waals surface area contributed by atoms with Gasteiger partial charge in [-0.05, 0) is 36.5 Å². The van der Waals surface area contributed by atoms with E-state index in [1.165, 1.54) is 25.7 Å². The van der Waals surface area contributed by atoms with Crippen molar-refractivity contribution in [3.05, 3.63) is 0 Å². The molecule has 3 aliphatic rings. The second-order valence-electron chi connectivity index (χ2n) is 7.65. The van der Waals surface area contributed by atoms with Crippen molar-refractivity contribution in [3.63, 3.8) is 0 Å². The monoisotopic (exact) mass is 279 g/mol. The number of piperidine rings is 1. The average molecular weight is 279 g/mol. The van der Waals surface area contributed by atoms with Crippen LogP contribution in [0.4, 0.5) is 0 Å². The summed E-state index contributed by atoms with van der Waals surface area (Å²) in [6.45, 7) is 5.46. The number of likely N-dealkylation sites (tertiary alicyclic amines) is 1. The van der Waals surface area contributed by atoms with E-state index in [1.54, 1.807) is 0 Å². The van der Waals surface area contributed by atoms with Gasteiger partial charge in [0.2, 0.25) is 5.91 Å². The molecule has 2 atom stereocenters. The Balaban J connectivity index is 1.61. The molecule has 2 aliphatic carbocycles. The van der Waals surface area contributed by atoms with Gasteiger partial charge in [0, 0.05) is 13.1 Å². The normalized spacial score (nSPS) is 34.2. The van der Waals surface area contributed by atoms with Crippen LogP contribution in [0, 0.1) is 22.7 Å². The number of carbonyl (C=O) groups is 2. The first-order chi connectivity index (χ1) is 9.37. The van der Waals surface area contributed by atoms with Gasteiger partial charge in [-0.2, -0.15) is 0 Å². The van der Waals surface area contributed by atoms with Crippen molar-refractivity contribution in [2.24, 2.45) is 22.7 Å². The SMILES string of the molecule is CC1(C)C(C(=O)O)C1C(=O)N1CCC2(CCCC2)CC1. The van der Waals surface area contributed by atoms with E-state index in [0.717, 1.165) is 25.9 Å². The highest BCUT2D eigenvalue weighted by molar-refractivity contribution is 5.91. The minimum absolute atomic E-state index is 0.0789. The zero-order valence-corrected chi connectivity index (χ0v) is 12.5. The molecule has 1 saturated heterocycles. The van der Waals surface area contributed by atoms with E-state index in [1.807, 2.05) is 18.7 Å². The van der Waals surface area contributed by atoms with Crippen LogP contribution in [-0.2, 0) is 9.59 Å². The Kier molecular flexibility index (Phi) is 3.11. The molecular weight excluding hydrogens is 254 g/mol. The molecule has 0 bridgehead atoms. The molecule has 2 saturated carbocycles. The Morgan fingerprint density at radius 1 is 1.00 bits per heavy atom. The molecule has 1 spiro atoms. The molecule has 0 aromatic carbocycles. The molecule has 112 valence electrons. The number of aliphatic carboxylic acids is 1. The topological polar surface area (TPSA) is 57.6 Å². The van der Waals surface area contributed by atoms with Crippen LogP contribution in [0.15, 0.2) is 0 Å². The molecule has 20 heavy (non-hydrogen) atoms. The number of nitrogens with zero attached hydrogens (tertiary/aromatic N) is 1. The highest BCUT2D eigenvalue weighted by Crippen LogP contribution is 2.59. The van der Waals surface area contributed by atoms with Crippen molar-refractivity contribution in [1.29, 1.82) is 0 Å². The predicted molar refractivity (Wildman–Crippen MR) is 75.1 cm³/mol. The summed E-state index contributed by atoms with van der Waals surface area (Å²) in [5.41, 5.74) is 0.132. The zero-order chi connectivity index (χ0) is 14.5. The van der Waals surface area contributed by atoms with Crippen molar-refractivity contribution in [3.8, 4) is 0 Å². The van der Waals surface area contributed by atoms with Crippen LogP contribution in [0.1, 0.15) is 52.4 Å². The number of amides is 1.